The fourth-order valence-electron chi connectivity index (χ4n) is 2.59. The summed E-state index contributed by atoms with van der Waals surface area (Å²) in [6.07, 6.45) is 3.47. The highest BCUT2D eigenvalue weighted by molar-refractivity contribution is 5.90. The molecule has 2 aromatic heterocycles. The summed E-state index contributed by atoms with van der Waals surface area (Å²) in [5.41, 5.74) is 7.88. The quantitative estimate of drug-likeness (QED) is 0.493. The number of aryl methyl sites for hydroxylation is 1. The van der Waals surface area contributed by atoms with Crippen molar-refractivity contribution in [3.8, 4) is 0 Å². The molecule has 2 heterocycles. The third-order valence-corrected chi connectivity index (χ3v) is 3.81. The smallest absolute Gasteiger partial charge is 0.261 e. The van der Waals surface area contributed by atoms with E-state index in [9.17, 15) is 4.79 Å². The Balaban J connectivity index is 1.97. The number of nitrogens with two attached hydrogens (primary N) is 1. The molecule has 0 saturated carbocycles. The second-order valence-electron chi connectivity index (χ2n) is 5.88. The van der Waals surface area contributed by atoms with Crippen LogP contribution in [0.1, 0.15) is 18.4 Å². The van der Waals surface area contributed by atoms with Crippen LogP contribution in [0.2, 0.25) is 0 Å². The molecule has 0 aliphatic carbocycles. The number of nitrogens with one attached hydrogen (secondary N) is 3. The molecule has 130 valence electrons. The Labute approximate surface area is 145 Å². The number of pyridine rings is 1. The summed E-state index contributed by atoms with van der Waals surface area (Å²) in [6, 6.07) is 9.68. The number of hydrogen-bond acceptors (Lipinski definition) is 6. The summed E-state index contributed by atoms with van der Waals surface area (Å²) in [7, 11) is 0. The molecule has 7 heteroatoms. The summed E-state index contributed by atoms with van der Waals surface area (Å²) in [4.78, 5) is 23.9. The first-order chi connectivity index (χ1) is 12.2. The van der Waals surface area contributed by atoms with Gasteiger partial charge in [0.2, 0.25) is 5.95 Å². The lowest BCUT2D eigenvalue weighted by Gasteiger charge is -2.11. The largest absolute Gasteiger partial charge is 0.354 e. The van der Waals surface area contributed by atoms with Crippen molar-refractivity contribution < 1.29 is 0 Å². The number of anilines is 3. The first-order valence-corrected chi connectivity index (χ1v) is 8.34. The maximum absolute atomic E-state index is 12.3. The van der Waals surface area contributed by atoms with Crippen molar-refractivity contribution in [1.82, 2.24) is 15.0 Å². The molecule has 0 spiro atoms. The van der Waals surface area contributed by atoms with E-state index < -0.39 is 0 Å². The topological polar surface area (TPSA) is 109 Å². The maximum Gasteiger partial charge on any atom is 0.261 e. The van der Waals surface area contributed by atoms with Gasteiger partial charge in [-0.1, -0.05) is 12.1 Å². The average molecular weight is 338 g/mol. The number of aromatic nitrogens is 3. The standard InChI is InChI=1S/C18H22N6O/c1-12-5-4-6-13(11-12)22-16-15-14(7-10-20-17(15)25)23-18(24-16)21-9-3-2-8-19/h4-7,10-11H,2-3,8-9,19H2,1H3,(H,20,25)(H2,21,22,23,24). The maximum atomic E-state index is 12.3. The Bertz CT molecular complexity index is 921. The fourth-order valence-corrected chi connectivity index (χ4v) is 2.59. The predicted molar refractivity (Wildman–Crippen MR) is 101 cm³/mol. The van der Waals surface area contributed by atoms with Crippen molar-refractivity contribution in [2.45, 2.75) is 19.8 Å². The Morgan fingerprint density at radius 2 is 2.08 bits per heavy atom. The molecule has 0 atom stereocenters. The van der Waals surface area contributed by atoms with E-state index >= 15 is 0 Å². The number of rotatable bonds is 7. The zero-order valence-corrected chi connectivity index (χ0v) is 14.2. The van der Waals surface area contributed by atoms with Gasteiger partial charge in [-0.2, -0.15) is 4.98 Å². The number of nitrogens with zero attached hydrogens (tertiary/aromatic N) is 2. The van der Waals surface area contributed by atoms with Gasteiger partial charge in [0.25, 0.3) is 5.56 Å². The highest BCUT2D eigenvalue weighted by Crippen LogP contribution is 2.23. The molecule has 0 unspecified atom stereocenters. The molecule has 0 bridgehead atoms. The van der Waals surface area contributed by atoms with Crippen molar-refractivity contribution in [3.63, 3.8) is 0 Å². The third kappa shape index (κ3) is 4.13. The summed E-state index contributed by atoms with van der Waals surface area (Å²) < 4.78 is 0. The lowest BCUT2D eigenvalue weighted by Crippen LogP contribution is -2.13. The molecule has 0 saturated heterocycles. The average Bonchev–Trinajstić information content (AvgIpc) is 2.59. The Kier molecular flexibility index (Phi) is 5.25. The molecule has 0 aliphatic heterocycles. The number of fused-ring (bicyclic) bond motifs is 1. The molecule has 7 nitrogen and oxygen atoms in total. The van der Waals surface area contributed by atoms with Gasteiger partial charge in [-0.05, 0) is 50.1 Å². The first-order valence-electron chi connectivity index (χ1n) is 8.34. The second-order valence-corrected chi connectivity index (χ2v) is 5.88. The molecule has 25 heavy (non-hydrogen) atoms. The normalized spacial score (nSPS) is 10.8. The van der Waals surface area contributed by atoms with Gasteiger partial charge in [0.15, 0.2) is 0 Å². The molecule has 0 radical (unpaired) electrons. The van der Waals surface area contributed by atoms with E-state index in [1.165, 1.54) is 0 Å². The van der Waals surface area contributed by atoms with Crippen LogP contribution in [-0.4, -0.2) is 28.0 Å². The number of hydrogen-bond donors (Lipinski definition) is 4. The van der Waals surface area contributed by atoms with Crippen LogP contribution in [0.25, 0.3) is 10.9 Å². The van der Waals surface area contributed by atoms with Gasteiger partial charge < -0.3 is 21.4 Å². The van der Waals surface area contributed by atoms with E-state index in [4.69, 9.17) is 5.73 Å². The van der Waals surface area contributed by atoms with Crippen molar-refractivity contribution in [1.29, 1.82) is 0 Å². The van der Waals surface area contributed by atoms with Crippen LogP contribution in [0.5, 0.6) is 0 Å². The molecule has 0 aliphatic rings. The van der Waals surface area contributed by atoms with E-state index in [1.54, 1.807) is 12.3 Å². The Morgan fingerprint density at radius 3 is 2.88 bits per heavy atom. The monoisotopic (exact) mass is 338 g/mol. The zero-order chi connectivity index (χ0) is 17.6. The van der Waals surface area contributed by atoms with Crippen molar-refractivity contribution >= 4 is 28.4 Å². The Morgan fingerprint density at radius 1 is 1.20 bits per heavy atom. The van der Waals surface area contributed by atoms with E-state index in [0.29, 0.717) is 29.2 Å². The van der Waals surface area contributed by atoms with Gasteiger partial charge in [0.1, 0.15) is 11.2 Å². The van der Waals surface area contributed by atoms with Crippen LogP contribution >= 0.6 is 0 Å². The Hall–Kier alpha value is -2.93. The molecule has 1 aromatic carbocycles. The molecular formula is C18H22N6O. The summed E-state index contributed by atoms with van der Waals surface area (Å²) in [5, 5.41) is 6.88. The molecule has 0 fully saturated rings. The molecule has 3 rings (SSSR count). The molecule has 5 N–H and O–H groups in total. The number of H-pyrrole nitrogens is 1. The van der Waals surface area contributed by atoms with E-state index in [1.807, 2.05) is 31.2 Å². The molecular weight excluding hydrogens is 316 g/mol. The lowest BCUT2D eigenvalue weighted by molar-refractivity contribution is 0.770. The molecule has 0 amide bonds. The van der Waals surface area contributed by atoms with Crippen LogP contribution in [0.4, 0.5) is 17.5 Å². The van der Waals surface area contributed by atoms with Crippen LogP contribution < -0.4 is 21.9 Å². The van der Waals surface area contributed by atoms with Crippen LogP contribution in [0.3, 0.4) is 0 Å². The lowest BCUT2D eigenvalue weighted by atomic mass is 10.2. The predicted octanol–water partition coefficient (Wildman–Crippen LogP) is 2.52. The van der Waals surface area contributed by atoms with Crippen molar-refractivity contribution in [2.24, 2.45) is 5.73 Å². The summed E-state index contributed by atoms with van der Waals surface area (Å²) >= 11 is 0. The third-order valence-electron chi connectivity index (χ3n) is 3.81. The summed E-state index contributed by atoms with van der Waals surface area (Å²) in [6.45, 7) is 3.41. The van der Waals surface area contributed by atoms with Crippen molar-refractivity contribution in [3.05, 3.63) is 52.4 Å². The summed E-state index contributed by atoms with van der Waals surface area (Å²) in [5.74, 6) is 0.976. The van der Waals surface area contributed by atoms with Crippen LogP contribution in [0.15, 0.2) is 41.3 Å². The van der Waals surface area contributed by atoms with E-state index in [0.717, 1.165) is 30.6 Å². The van der Waals surface area contributed by atoms with Crippen LogP contribution in [0, 0.1) is 6.92 Å². The van der Waals surface area contributed by atoms with Crippen LogP contribution in [-0.2, 0) is 0 Å². The van der Waals surface area contributed by atoms with Gasteiger partial charge in [-0.3, -0.25) is 4.79 Å². The minimum absolute atomic E-state index is 0.220. The van der Waals surface area contributed by atoms with E-state index in [-0.39, 0.29) is 5.56 Å². The second kappa shape index (κ2) is 7.76. The fraction of sp³-hybridized carbons (Fsp3) is 0.278. The van der Waals surface area contributed by atoms with Gasteiger partial charge in [-0.15, -0.1) is 0 Å². The first kappa shape index (κ1) is 16.9. The highest BCUT2D eigenvalue weighted by atomic mass is 16.1. The minimum Gasteiger partial charge on any atom is -0.354 e. The van der Waals surface area contributed by atoms with Gasteiger partial charge in [-0.25, -0.2) is 4.98 Å². The molecule has 3 aromatic rings. The van der Waals surface area contributed by atoms with Crippen molar-refractivity contribution in [2.75, 3.05) is 23.7 Å². The van der Waals surface area contributed by atoms with E-state index in [2.05, 4.69) is 25.6 Å². The van der Waals surface area contributed by atoms with Gasteiger partial charge in [0, 0.05) is 18.4 Å². The zero-order valence-electron chi connectivity index (χ0n) is 14.2. The van der Waals surface area contributed by atoms with Gasteiger partial charge >= 0.3 is 0 Å². The number of benzene rings is 1. The number of unbranched alkanes of at least 4 members (excludes halogenated alkanes) is 1. The minimum atomic E-state index is -0.220. The number of aromatic amines is 1. The SMILES string of the molecule is Cc1cccc(Nc2nc(NCCCCN)nc3cc[nH]c(=O)c23)c1. The van der Waals surface area contributed by atoms with Gasteiger partial charge in [0.05, 0.1) is 5.52 Å². The highest BCUT2D eigenvalue weighted by Gasteiger charge is 2.11.